The molecule has 7 heteroatoms. The first-order valence-electron chi connectivity index (χ1n) is 6.10. The highest BCUT2D eigenvalue weighted by molar-refractivity contribution is 7.18. The highest BCUT2D eigenvalue weighted by atomic mass is 32.1. The van der Waals surface area contributed by atoms with Crippen LogP contribution < -0.4 is 16.4 Å². The van der Waals surface area contributed by atoms with Crippen molar-refractivity contribution in [1.82, 2.24) is 15.2 Å². The van der Waals surface area contributed by atoms with Crippen LogP contribution in [0.2, 0.25) is 0 Å². The number of hydrogen-bond donors (Lipinski definition) is 3. The molecular formula is C11H19N5OS. The Kier molecular flexibility index (Phi) is 4.03. The van der Waals surface area contributed by atoms with Gasteiger partial charge in [-0.3, -0.25) is 4.79 Å². The smallest absolute Gasteiger partial charge is 0.267 e. The van der Waals surface area contributed by atoms with Gasteiger partial charge in [-0.25, -0.2) is 4.98 Å². The van der Waals surface area contributed by atoms with Crippen LogP contribution in [-0.4, -0.2) is 48.0 Å². The summed E-state index contributed by atoms with van der Waals surface area (Å²) in [7, 11) is 0. The Bertz CT molecular complexity index is 425. The van der Waals surface area contributed by atoms with Gasteiger partial charge in [-0.1, -0.05) is 11.3 Å². The third-order valence-electron chi connectivity index (χ3n) is 2.66. The third kappa shape index (κ3) is 2.91. The number of nitrogens with two attached hydrogens (primary N) is 1. The zero-order chi connectivity index (χ0) is 13.1. The van der Waals surface area contributed by atoms with Crippen LogP contribution in [0.1, 0.15) is 23.5 Å². The summed E-state index contributed by atoms with van der Waals surface area (Å²) in [5, 5.41) is 7.09. The lowest BCUT2D eigenvalue weighted by molar-refractivity contribution is 0.0741. The normalized spacial score (nSPS) is 16.1. The van der Waals surface area contributed by atoms with Crippen molar-refractivity contribution in [1.29, 1.82) is 0 Å². The molecule has 1 aromatic heterocycles. The second kappa shape index (κ2) is 5.53. The predicted molar refractivity (Wildman–Crippen MR) is 74.1 cm³/mol. The molecule has 1 aromatic rings. The fourth-order valence-corrected chi connectivity index (χ4v) is 2.80. The SMILES string of the molecule is CC(C)Nc1nc(N)c(C(=O)N2CCNCC2)s1. The van der Waals surface area contributed by atoms with Gasteiger partial charge in [0.15, 0.2) is 5.13 Å². The van der Waals surface area contributed by atoms with Gasteiger partial charge in [0.25, 0.3) is 5.91 Å². The van der Waals surface area contributed by atoms with Crippen molar-refractivity contribution >= 4 is 28.2 Å². The Morgan fingerprint density at radius 1 is 1.50 bits per heavy atom. The van der Waals surface area contributed by atoms with Crippen LogP contribution >= 0.6 is 11.3 Å². The van der Waals surface area contributed by atoms with Crippen LogP contribution in [0.4, 0.5) is 10.9 Å². The Balaban J connectivity index is 2.11. The molecule has 0 aromatic carbocycles. The predicted octanol–water partition coefficient (Wildman–Crippen LogP) is 0.591. The largest absolute Gasteiger partial charge is 0.382 e. The molecule has 100 valence electrons. The fourth-order valence-electron chi connectivity index (χ4n) is 1.81. The maximum Gasteiger partial charge on any atom is 0.267 e. The molecule has 0 spiro atoms. The van der Waals surface area contributed by atoms with Crippen molar-refractivity contribution < 1.29 is 4.79 Å². The average Bonchev–Trinajstić information content (AvgIpc) is 2.69. The van der Waals surface area contributed by atoms with Crippen molar-refractivity contribution in [2.24, 2.45) is 0 Å². The maximum atomic E-state index is 12.3. The number of thiazole rings is 1. The van der Waals surface area contributed by atoms with E-state index in [1.54, 1.807) is 0 Å². The molecule has 0 radical (unpaired) electrons. The molecule has 0 atom stereocenters. The van der Waals surface area contributed by atoms with E-state index in [4.69, 9.17) is 5.73 Å². The van der Waals surface area contributed by atoms with E-state index in [0.717, 1.165) is 26.2 Å². The van der Waals surface area contributed by atoms with E-state index in [1.165, 1.54) is 11.3 Å². The molecule has 2 rings (SSSR count). The summed E-state index contributed by atoms with van der Waals surface area (Å²) in [6.07, 6.45) is 0. The first kappa shape index (κ1) is 13.1. The monoisotopic (exact) mass is 269 g/mol. The zero-order valence-electron chi connectivity index (χ0n) is 10.7. The van der Waals surface area contributed by atoms with E-state index in [0.29, 0.717) is 15.8 Å². The van der Waals surface area contributed by atoms with Gasteiger partial charge < -0.3 is 21.3 Å². The number of nitrogens with zero attached hydrogens (tertiary/aromatic N) is 2. The molecule has 1 fully saturated rings. The van der Waals surface area contributed by atoms with E-state index < -0.39 is 0 Å². The molecule has 0 aliphatic carbocycles. The Hall–Kier alpha value is -1.34. The molecule has 0 bridgehead atoms. The zero-order valence-corrected chi connectivity index (χ0v) is 11.5. The molecule has 0 saturated carbocycles. The van der Waals surface area contributed by atoms with Gasteiger partial charge in [-0.2, -0.15) is 0 Å². The number of carbonyl (C=O) groups is 1. The number of piperazine rings is 1. The molecule has 1 aliphatic rings. The van der Waals surface area contributed by atoms with Gasteiger partial charge in [0.05, 0.1) is 0 Å². The Morgan fingerprint density at radius 2 is 2.17 bits per heavy atom. The molecule has 6 nitrogen and oxygen atoms in total. The summed E-state index contributed by atoms with van der Waals surface area (Å²) < 4.78 is 0. The lowest BCUT2D eigenvalue weighted by Gasteiger charge is -2.26. The molecule has 0 unspecified atom stereocenters. The van der Waals surface area contributed by atoms with Crippen LogP contribution in [0, 0.1) is 0 Å². The minimum absolute atomic E-state index is 0.0108. The minimum atomic E-state index is -0.0108. The molecule has 2 heterocycles. The number of aromatic nitrogens is 1. The van der Waals surface area contributed by atoms with Crippen LogP contribution in [-0.2, 0) is 0 Å². The van der Waals surface area contributed by atoms with Crippen molar-refractivity contribution in [3.05, 3.63) is 4.88 Å². The summed E-state index contributed by atoms with van der Waals surface area (Å²) in [6.45, 7) is 7.17. The van der Waals surface area contributed by atoms with Crippen molar-refractivity contribution in [2.75, 3.05) is 37.2 Å². The molecule has 18 heavy (non-hydrogen) atoms. The van der Waals surface area contributed by atoms with Crippen LogP contribution in [0.15, 0.2) is 0 Å². The van der Waals surface area contributed by atoms with E-state index >= 15 is 0 Å². The van der Waals surface area contributed by atoms with Gasteiger partial charge in [-0.15, -0.1) is 0 Å². The van der Waals surface area contributed by atoms with E-state index in [1.807, 2.05) is 18.7 Å². The highest BCUT2D eigenvalue weighted by Gasteiger charge is 2.23. The Morgan fingerprint density at radius 3 is 2.78 bits per heavy atom. The van der Waals surface area contributed by atoms with E-state index in [-0.39, 0.29) is 11.9 Å². The summed E-state index contributed by atoms with van der Waals surface area (Å²) in [5.74, 6) is 0.315. The summed E-state index contributed by atoms with van der Waals surface area (Å²) in [4.78, 5) is 18.8. The quantitative estimate of drug-likeness (QED) is 0.748. The highest BCUT2D eigenvalue weighted by Crippen LogP contribution is 2.26. The number of nitrogens with one attached hydrogen (secondary N) is 2. The summed E-state index contributed by atoms with van der Waals surface area (Å²) in [5.41, 5.74) is 5.82. The van der Waals surface area contributed by atoms with Gasteiger partial charge in [0, 0.05) is 32.2 Å². The summed E-state index contributed by atoms with van der Waals surface area (Å²) >= 11 is 1.33. The first-order valence-corrected chi connectivity index (χ1v) is 6.92. The minimum Gasteiger partial charge on any atom is -0.382 e. The van der Waals surface area contributed by atoms with E-state index in [9.17, 15) is 4.79 Å². The first-order chi connectivity index (χ1) is 8.58. The maximum absolute atomic E-state index is 12.3. The topological polar surface area (TPSA) is 83.3 Å². The number of hydrogen-bond acceptors (Lipinski definition) is 6. The van der Waals surface area contributed by atoms with Crippen molar-refractivity contribution in [3.63, 3.8) is 0 Å². The Labute approximate surface area is 111 Å². The van der Waals surface area contributed by atoms with Gasteiger partial charge in [-0.05, 0) is 13.8 Å². The van der Waals surface area contributed by atoms with Crippen LogP contribution in [0.3, 0.4) is 0 Å². The second-order valence-corrected chi connectivity index (χ2v) is 5.57. The van der Waals surface area contributed by atoms with Crippen molar-refractivity contribution in [2.45, 2.75) is 19.9 Å². The fraction of sp³-hybridized carbons (Fsp3) is 0.636. The lowest BCUT2D eigenvalue weighted by atomic mass is 10.3. The number of rotatable bonds is 3. The molecular weight excluding hydrogens is 250 g/mol. The lowest BCUT2D eigenvalue weighted by Crippen LogP contribution is -2.46. The number of carbonyl (C=O) groups excluding carboxylic acids is 1. The molecule has 1 saturated heterocycles. The molecule has 4 N–H and O–H groups in total. The number of anilines is 2. The van der Waals surface area contributed by atoms with Crippen LogP contribution in [0.5, 0.6) is 0 Å². The average molecular weight is 269 g/mol. The molecule has 1 amide bonds. The van der Waals surface area contributed by atoms with Crippen molar-refractivity contribution in [3.8, 4) is 0 Å². The van der Waals surface area contributed by atoms with Gasteiger partial charge in [0.2, 0.25) is 0 Å². The standard InChI is InChI=1S/C11H19N5OS/c1-7(2)14-11-15-9(12)8(18-11)10(17)16-5-3-13-4-6-16/h7,13H,3-6,12H2,1-2H3,(H,14,15). The number of amides is 1. The third-order valence-corrected chi connectivity index (χ3v) is 3.65. The second-order valence-electron chi connectivity index (χ2n) is 4.57. The summed E-state index contributed by atoms with van der Waals surface area (Å²) in [6, 6.07) is 0.276. The van der Waals surface area contributed by atoms with Crippen LogP contribution in [0.25, 0.3) is 0 Å². The molecule has 1 aliphatic heterocycles. The number of nitrogen functional groups attached to an aromatic ring is 1. The van der Waals surface area contributed by atoms with Gasteiger partial charge >= 0.3 is 0 Å². The van der Waals surface area contributed by atoms with Gasteiger partial charge in [0.1, 0.15) is 10.7 Å². The van der Waals surface area contributed by atoms with E-state index in [2.05, 4.69) is 15.6 Å².